The summed E-state index contributed by atoms with van der Waals surface area (Å²) in [4.78, 5) is 0.964. The van der Waals surface area contributed by atoms with Crippen LogP contribution in [0.5, 0.6) is 5.75 Å². The summed E-state index contributed by atoms with van der Waals surface area (Å²) in [7, 11) is 1.65. The standard InChI is InChI=1S/C11H17NO2S/c1-14-9-4-6-15-11(9)10(13)8-3-2-5-12-7-8/h4,6,8,10,12-13H,2-3,5,7H2,1H3. The van der Waals surface area contributed by atoms with Crippen LogP contribution >= 0.6 is 11.3 Å². The van der Waals surface area contributed by atoms with E-state index in [1.54, 1.807) is 18.4 Å². The van der Waals surface area contributed by atoms with E-state index in [2.05, 4.69) is 5.32 Å². The maximum absolute atomic E-state index is 10.2. The Bertz CT molecular complexity index is 307. The third-order valence-corrected chi connectivity index (χ3v) is 3.90. The van der Waals surface area contributed by atoms with Crippen molar-refractivity contribution in [2.75, 3.05) is 20.2 Å². The third-order valence-electron chi connectivity index (χ3n) is 2.93. The second kappa shape index (κ2) is 4.96. The van der Waals surface area contributed by atoms with E-state index in [4.69, 9.17) is 4.74 Å². The Balaban J connectivity index is 2.08. The van der Waals surface area contributed by atoms with Gasteiger partial charge >= 0.3 is 0 Å². The molecule has 84 valence electrons. The molecule has 0 bridgehead atoms. The Kier molecular flexibility index (Phi) is 3.61. The molecule has 1 aliphatic heterocycles. The molecule has 0 aromatic carbocycles. The van der Waals surface area contributed by atoms with Crippen molar-refractivity contribution < 1.29 is 9.84 Å². The second-order valence-corrected chi connectivity index (χ2v) is 4.85. The average molecular weight is 227 g/mol. The summed E-state index contributed by atoms with van der Waals surface area (Å²) in [6.45, 7) is 1.98. The fraction of sp³-hybridized carbons (Fsp3) is 0.636. The molecule has 15 heavy (non-hydrogen) atoms. The SMILES string of the molecule is COc1ccsc1C(O)C1CCCNC1. The van der Waals surface area contributed by atoms with E-state index in [0.29, 0.717) is 5.92 Å². The molecule has 1 aromatic heterocycles. The van der Waals surface area contributed by atoms with E-state index < -0.39 is 0 Å². The second-order valence-electron chi connectivity index (χ2n) is 3.90. The number of hydrogen-bond acceptors (Lipinski definition) is 4. The molecule has 2 atom stereocenters. The van der Waals surface area contributed by atoms with Gasteiger partial charge in [-0.3, -0.25) is 0 Å². The van der Waals surface area contributed by atoms with Crippen molar-refractivity contribution in [2.24, 2.45) is 5.92 Å². The lowest BCUT2D eigenvalue weighted by atomic mass is 9.93. The molecule has 3 nitrogen and oxygen atoms in total. The fourth-order valence-electron chi connectivity index (χ4n) is 2.06. The van der Waals surface area contributed by atoms with Gasteiger partial charge in [0.2, 0.25) is 0 Å². The van der Waals surface area contributed by atoms with Crippen molar-refractivity contribution in [2.45, 2.75) is 18.9 Å². The van der Waals surface area contributed by atoms with Crippen molar-refractivity contribution in [3.63, 3.8) is 0 Å². The lowest BCUT2D eigenvalue weighted by molar-refractivity contribution is 0.0930. The van der Waals surface area contributed by atoms with E-state index in [9.17, 15) is 5.11 Å². The molecular formula is C11H17NO2S. The number of nitrogens with one attached hydrogen (secondary N) is 1. The molecule has 0 radical (unpaired) electrons. The molecule has 0 aliphatic carbocycles. The number of aliphatic hydroxyl groups is 1. The zero-order chi connectivity index (χ0) is 10.7. The monoisotopic (exact) mass is 227 g/mol. The maximum atomic E-state index is 10.2. The quantitative estimate of drug-likeness (QED) is 0.827. The van der Waals surface area contributed by atoms with Crippen LogP contribution in [0.2, 0.25) is 0 Å². The molecule has 1 aromatic rings. The summed E-state index contributed by atoms with van der Waals surface area (Å²) in [6.07, 6.45) is 1.86. The summed E-state index contributed by atoms with van der Waals surface area (Å²) in [5.41, 5.74) is 0. The number of aliphatic hydroxyl groups excluding tert-OH is 1. The van der Waals surface area contributed by atoms with Crippen LogP contribution in [-0.4, -0.2) is 25.3 Å². The van der Waals surface area contributed by atoms with Crippen molar-refractivity contribution in [3.8, 4) is 5.75 Å². The number of rotatable bonds is 3. The molecule has 4 heteroatoms. The topological polar surface area (TPSA) is 41.5 Å². The largest absolute Gasteiger partial charge is 0.495 e. The summed E-state index contributed by atoms with van der Waals surface area (Å²) >= 11 is 1.57. The van der Waals surface area contributed by atoms with Gasteiger partial charge in [-0.25, -0.2) is 0 Å². The highest BCUT2D eigenvalue weighted by atomic mass is 32.1. The molecule has 2 N–H and O–H groups in total. The predicted molar refractivity (Wildman–Crippen MR) is 61.4 cm³/mol. The van der Waals surface area contributed by atoms with Crippen molar-refractivity contribution >= 4 is 11.3 Å². The van der Waals surface area contributed by atoms with Crippen LogP contribution in [0.25, 0.3) is 0 Å². The van der Waals surface area contributed by atoms with Crippen LogP contribution in [0.4, 0.5) is 0 Å². The first-order chi connectivity index (χ1) is 7.33. The van der Waals surface area contributed by atoms with Crippen LogP contribution < -0.4 is 10.1 Å². The van der Waals surface area contributed by atoms with E-state index >= 15 is 0 Å². The minimum Gasteiger partial charge on any atom is -0.495 e. The number of thiophene rings is 1. The van der Waals surface area contributed by atoms with E-state index in [1.165, 1.54) is 0 Å². The highest BCUT2D eigenvalue weighted by Crippen LogP contribution is 2.36. The molecule has 1 fully saturated rings. The van der Waals surface area contributed by atoms with Crippen molar-refractivity contribution in [1.29, 1.82) is 0 Å². The average Bonchev–Trinajstić information content (AvgIpc) is 2.77. The Labute approximate surface area is 94.1 Å². The van der Waals surface area contributed by atoms with E-state index in [0.717, 1.165) is 36.6 Å². The highest BCUT2D eigenvalue weighted by molar-refractivity contribution is 7.10. The Morgan fingerprint density at radius 2 is 2.53 bits per heavy atom. The summed E-state index contributed by atoms with van der Waals surface area (Å²) in [5, 5.41) is 15.5. The Morgan fingerprint density at radius 1 is 1.67 bits per heavy atom. The van der Waals surface area contributed by atoms with Gasteiger partial charge in [0.25, 0.3) is 0 Å². The maximum Gasteiger partial charge on any atom is 0.135 e. The zero-order valence-electron chi connectivity index (χ0n) is 8.90. The minimum atomic E-state index is -0.382. The van der Waals surface area contributed by atoms with Crippen LogP contribution in [-0.2, 0) is 0 Å². The van der Waals surface area contributed by atoms with Crippen molar-refractivity contribution in [1.82, 2.24) is 5.32 Å². The molecule has 1 saturated heterocycles. The number of hydrogen-bond donors (Lipinski definition) is 2. The van der Waals surface area contributed by atoms with Gasteiger partial charge in [-0.1, -0.05) is 0 Å². The number of piperidine rings is 1. The van der Waals surface area contributed by atoms with E-state index in [1.807, 2.05) is 11.4 Å². The van der Waals surface area contributed by atoms with Gasteiger partial charge in [-0.05, 0) is 30.8 Å². The van der Waals surface area contributed by atoms with Crippen LogP contribution in [0.1, 0.15) is 23.8 Å². The summed E-state index contributed by atoms with van der Waals surface area (Å²) < 4.78 is 5.23. The van der Waals surface area contributed by atoms with Gasteiger partial charge in [0, 0.05) is 12.5 Å². The minimum absolute atomic E-state index is 0.325. The first-order valence-corrected chi connectivity index (χ1v) is 6.21. The number of ether oxygens (including phenoxy) is 1. The van der Waals surface area contributed by atoms with Crippen LogP contribution in [0.3, 0.4) is 0 Å². The Morgan fingerprint density at radius 3 is 3.20 bits per heavy atom. The van der Waals surface area contributed by atoms with Gasteiger partial charge in [0.05, 0.1) is 18.1 Å². The molecule has 0 amide bonds. The summed E-state index contributed by atoms with van der Waals surface area (Å²) in [6, 6.07) is 1.92. The lowest BCUT2D eigenvalue weighted by Gasteiger charge is -2.27. The first kappa shape index (κ1) is 10.9. The van der Waals surface area contributed by atoms with E-state index in [-0.39, 0.29) is 6.10 Å². The molecule has 0 spiro atoms. The van der Waals surface area contributed by atoms with Gasteiger partial charge in [-0.15, -0.1) is 11.3 Å². The third kappa shape index (κ3) is 2.33. The molecule has 2 unspecified atom stereocenters. The van der Waals surface area contributed by atoms with Gasteiger partial charge in [0.15, 0.2) is 0 Å². The summed E-state index contributed by atoms with van der Waals surface area (Å²) in [5.74, 6) is 1.14. The highest BCUT2D eigenvalue weighted by Gasteiger charge is 2.26. The fourth-order valence-corrected chi connectivity index (χ4v) is 2.99. The lowest BCUT2D eigenvalue weighted by Crippen LogP contribution is -2.33. The molecule has 0 saturated carbocycles. The van der Waals surface area contributed by atoms with Crippen LogP contribution in [0, 0.1) is 5.92 Å². The molecule has 2 heterocycles. The Hall–Kier alpha value is -0.580. The zero-order valence-corrected chi connectivity index (χ0v) is 9.72. The van der Waals surface area contributed by atoms with Gasteiger partial charge in [-0.2, -0.15) is 0 Å². The smallest absolute Gasteiger partial charge is 0.135 e. The number of methoxy groups -OCH3 is 1. The van der Waals surface area contributed by atoms with Gasteiger partial charge < -0.3 is 15.2 Å². The first-order valence-electron chi connectivity index (χ1n) is 5.33. The van der Waals surface area contributed by atoms with Crippen molar-refractivity contribution in [3.05, 3.63) is 16.3 Å². The van der Waals surface area contributed by atoms with Crippen LogP contribution in [0.15, 0.2) is 11.4 Å². The molecule has 1 aliphatic rings. The molecular weight excluding hydrogens is 210 g/mol. The predicted octanol–water partition coefficient (Wildman–Crippen LogP) is 1.79. The normalized spacial score (nSPS) is 23.7. The van der Waals surface area contributed by atoms with Gasteiger partial charge in [0.1, 0.15) is 5.75 Å². The molecule has 2 rings (SSSR count).